The number of rotatable bonds is 4. The van der Waals surface area contributed by atoms with Crippen LogP contribution in [0.4, 0.5) is 13.2 Å². The SMILES string of the molecule is Cc1cc(OCC2CC(c3ccc(C(F)(F)F)cc3)CC(C)N2)cn(C)c1=O. The van der Waals surface area contributed by atoms with Crippen LogP contribution in [0.25, 0.3) is 0 Å². The molecule has 0 aliphatic carbocycles. The van der Waals surface area contributed by atoms with Crippen molar-refractivity contribution in [2.24, 2.45) is 7.05 Å². The second kappa shape index (κ2) is 7.99. The summed E-state index contributed by atoms with van der Waals surface area (Å²) < 4.78 is 45.7. The minimum Gasteiger partial charge on any atom is -0.490 e. The van der Waals surface area contributed by atoms with Gasteiger partial charge in [0.05, 0.1) is 5.56 Å². The number of hydrogen-bond acceptors (Lipinski definition) is 3. The van der Waals surface area contributed by atoms with Gasteiger partial charge in [-0.3, -0.25) is 4.79 Å². The first-order valence-electron chi connectivity index (χ1n) is 9.36. The number of halogens is 3. The number of aryl methyl sites for hydroxylation is 2. The molecule has 1 aliphatic rings. The minimum absolute atomic E-state index is 0.0564. The first-order chi connectivity index (χ1) is 13.1. The minimum atomic E-state index is -4.32. The van der Waals surface area contributed by atoms with Crippen LogP contribution >= 0.6 is 0 Å². The van der Waals surface area contributed by atoms with Crippen LogP contribution in [0.3, 0.4) is 0 Å². The van der Waals surface area contributed by atoms with Crippen LogP contribution in [-0.4, -0.2) is 23.3 Å². The topological polar surface area (TPSA) is 43.3 Å². The molecule has 28 heavy (non-hydrogen) atoms. The molecule has 1 fully saturated rings. The molecule has 0 saturated carbocycles. The van der Waals surface area contributed by atoms with E-state index in [1.807, 2.05) is 0 Å². The molecule has 2 heterocycles. The fourth-order valence-corrected chi connectivity index (χ4v) is 3.85. The van der Waals surface area contributed by atoms with E-state index in [4.69, 9.17) is 4.74 Å². The average molecular weight is 394 g/mol. The van der Waals surface area contributed by atoms with Gasteiger partial charge in [-0.1, -0.05) is 12.1 Å². The molecule has 3 atom stereocenters. The van der Waals surface area contributed by atoms with E-state index in [1.165, 1.54) is 4.57 Å². The van der Waals surface area contributed by atoms with Crippen molar-refractivity contribution in [2.75, 3.05) is 6.61 Å². The summed E-state index contributed by atoms with van der Waals surface area (Å²) in [5.41, 5.74) is 0.860. The molecule has 0 bridgehead atoms. The van der Waals surface area contributed by atoms with E-state index in [0.29, 0.717) is 17.9 Å². The van der Waals surface area contributed by atoms with Crippen molar-refractivity contribution in [1.82, 2.24) is 9.88 Å². The number of alkyl halides is 3. The normalized spacial score (nSPS) is 22.9. The summed E-state index contributed by atoms with van der Waals surface area (Å²) in [6.07, 6.45) is -1.01. The van der Waals surface area contributed by atoms with E-state index >= 15 is 0 Å². The van der Waals surface area contributed by atoms with E-state index < -0.39 is 11.7 Å². The van der Waals surface area contributed by atoms with E-state index in [0.717, 1.165) is 30.5 Å². The summed E-state index contributed by atoms with van der Waals surface area (Å²) in [6, 6.07) is 7.51. The Morgan fingerprint density at radius 3 is 2.50 bits per heavy atom. The van der Waals surface area contributed by atoms with Crippen LogP contribution in [0.2, 0.25) is 0 Å². The van der Waals surface area contributed by atoms with Gasteiger partial charge in [0.1, 0.15) is 12.4 Å². The van der Waals surface area contributed by atoms with Gasteiger partial charge in [-0.2, -0.15) is 13.2 Å². The summed E-state index contributed by atoms with van der Waals surface area (Å²) in [4.78, 5) is 11.8. The third-order valence-electron chi connectivity index (χ3n) is 5.23. The lowest BCUT2D eigenvalue weighted by atomic mass is 9.83. The van der Waals surface area contributed by atoms with E-state index in [2.05, 4.69) is 12.2 Å². The number of aromatic nitrogens is 1. The lowest BCUT2D eigenvalue weighted by Crippen LogP contribution is -2.46. The van der Waals surface area contributed by atoms with Gasteiger partial charge >= 0.3 is 6.18 Å². The summed E-state index contributed by atoms with van der Waals surface area (Å²) >= 11 is 0. The van der Waals surface area contributed by atoms with Gasteiger partial charge in [0, 0.05) is 30.9 Å². The van der Waals surface area contributed by atoms with Gasteiger partial charge in [-0.05, 0) is 56.4 Å². The third-order valence-corrected chi connectivity index (χ3v) is 5.23. The number of benzene rings is 1. The predicted molar refractivity (Wildman–Crippen MR) is 102 cm³/mol. The lowest BCUT2D eigenvalue weighted by molar-refractivity contribution is -0.137. The van der Waals surface area contributed by atoms with Crippen molar-refractivity contribution < 1.29 is 17.9 Å². The predicted octanol–water partition coefficient (Wildman–Crippen LogP) is 4.02. The quantitative estimate of drug-likeness (QED) is 0.852. The van der Waals surface area contributed by atoms with Crippen molar-refractivity contribution in [2.45, 2.75) is 50.9 Å². The maximum absolute atomic E-state index is 12.8. The molecule has 0 amide bonds. The average Bonchev–Trinajstić information content (AvgIpc) is 2.63. The van der Waals surface area contributed by atoms with Gasteiger partial charge in [-0.15, -0.1) is 0 Å². The molecule has 1 aliphatic heterocycles. The highest BCUT2D eigenvalue weighted by Gasteiger charge is 2.31. The number of piperidine rings is 1. The lowest BCUT2D eigenvalue weighted by Gasteiger charge is -2.35. The van der Waals surface area contributed by atoms with Crippen LogP contribution in [0.15, 0.2) is 41.3 Å². The third kappa shape index (κ3) is 4.76. The Morgan fingerprint density at radius 2 is 1.89 bits per heavy atom. The van der Waals surface area contributed by atoms with Gasteiger partial charge in [0.25, 0.3) is 5.56 Å². The van der Waals surface area contributed by atoms with E-state index in [-0.39, 0.29) is 23.6 Å². The zero-order valence-electron chi connectivity index (χ0n) is 16.2. The largest absolute Gasteiger partial charge is 0.490 e. The number of hydrogen-bond donors (Lipinski definition) is 1. The molecule has 2 aromatic rings. The summed E-state index contributed by atoms with van der Waals surface area (Å²) in [7, 11) is 1.68. The molecule has 0 spiro atoms. The molecule has 1 aromatic heterocycles. The fourth-order valence-electron chi connectivity index (χ4n) is 3.85. The summed E-state index contributed by atoms with van der Waals surface area (Å²) in [5, 5.41) is 3.49. The maximum Gasteiger partial charge on any atom is 0.416 e. The van der Waals surface area contributed by atoms with Gasteiger partial charge < -0.3 is 14.6 Å². The molecule has 1 N–H and O–H groups in total. The van der Waals surface area contributed by atoms with Crippen LogP contribution < -0.4 is 15.6 Å². The molecule has 7 heteroatoms. The van der Waals surface area contributed by atoms with Gasteiger partial charge in [0.2, 0.25) is 0 Å². The Balaban J connectivity index is 1.66. The Morgan fingerprint density at radius 1 is 1.21 bits per heavy atom. The first-order valence-corrected chi connectivity index (χ1v) is 9.36. The number of nitrogens with one attached hydrogen (secondary N) is 1. The summed E-state index contributed by atoms with van der Waals surface area (Å²) in [6.45, 7) is 4.25. The van der Waals surface area contributed by atoms with Gasteiger partial charge in [-0.25, -0.2) is 0 Å². The standard InChI is InChI=1S/C21H25F3N2O2/c1-13-8-19(11-26(3)20(13)27)28-12-18-10-16(9-14(2)25-18)15-4-6-17(7-5-15)21(22,23)24/h4-8,11,14,16,18,25H,9-10,12H2,1-3H3. The second-order valence-corrected chi connectivity index (χ2v) is 7.64. The highest BCUT2D eigenvalue weighted by atomic mass is 19.4. The van der Waals surface area contributed by atoms with Crippen molar-refractivity contribution in [3.63, 3.8) is 0 Å². The Kier molecular flexibility index (Phi) is 5.84. The highest BCUT2D eigenvalue weighted by molar-refractivity contribution is 5.28. The molecular weight excluding hydrogens is 369 g/mol. The summed E-state index contributed by atoms with van der Waals surface area (Å²) in [5.74, 6) is 0.805. The monoisotopic (exact) mass is 394 g/mol. The molecule has 0 radical (unpaired) electrons. The van der Waals surface area contributed by atoms with E-state index in [9.17, 15) is 18.0 Å². The van der Waals surface area contributed by atoms with Crippen molar-refractivity contribution in [3.8, 4) is 5.75 Å². The molecule has 4 nitrogen and oxygen atoms in total. The first kappa shape index (κ1) is 20.5. The van der Waals surface area contributed by atoms with Crippen LogP contribution in [-0.2, 0) is 13.2 Å². The molecule has 1 aromatic carbocycles. The smallest absolute Gasteiger partial charge is 0.416 e. The van der Waals surface area contributed by atoms with Gasteiger partial charge in [0.15, 0.2) is 0 Å². The molecular formula is C21H25F3N2O2. The number of pyridine rings is 1. The molecule has 3 rings (SSSR count). The molecule has 3 unspecified atom stereocenters. The number of ether oxygens (including phenoxy) is 1. The highest BCUT2D eigenvalue weighted by Crippen LogP contribution is 2.34. The maximum atomic E-state index is 12.8. The molecule has 1 saturated heterocycles. The Hall–Kier alpha value is -2.28. The molecule has 152 valence electrons. The number of nitrogens with zero attached hydrogens (tertiary/aromatic N) is 1. The zero-order chi connectivity index (χ0) is 20.5. The van der Waals surface area contributed by atoms with Crippen LogP contribution in [0, 0.1) is 6.92 Å². The Bertz CT molecular complexity index is 848. The van der Waals surface area contributed by atoms with Crippen molar-refractivity contribution >= 4 is 0 Å². The Labute approximate surface area is 162 Å². The van der Waals surface area contributed by atoms with Crippen LogP contribution in [0.5, 0.6) is 5.75 Å². The van der Waals surface area contributed by atoms with E-state index in [1.54, 1.807) is 38.4 Å². The van der Waals surface area contributed by atoms with Crippen LogP contribution in [0.1, 0.15) is 42.4 Å². The fraction of sp³-hybridized carbons (Fsp3) is 0.476. The van der Waals surface area contributed by atoms with Crippen molar-refractivity contribution in [3.05, 3.63) is 63.6 Å². The zero-order valence-corrected chi connectivity index (χ0v) is 16.2. The second-order valence-electron chi connectivity index (χ2n) is 7.64. The van der Waals surface area contributed by atoms with Crippen molar-refractivity contribution in [1.29, 1.82) is 0 Å².